The van der Waals surface area contributed by atoms with Gasteiger partial charge in [0.15, 0.2) is 0 Å². The van der Waals surface area contributed by atoms with E-state index >= 15 is 0 Å². The average molecular weight is 322 g/mol. The van der Waals surface area contributed by atoms with E-state index in [-0.39, 0.29) is 5.91 Å². The minimum Gasteiger partial charge on any atom is -0.348 e. The lowest BCUT2D eigenvalue weighted by Crippen LogP contribution is -2.24. The second-order valence-electron chi connectivity index (χ2n) is 6.88. The summed E-state index contributed by atoms with van der Waals surface area (Å²) in [5.74, 6) is 0.0167. The van der Waals surface area contributed by atoms with Gasteiger partial charge in [0.2, 0.25) is 0 Å². The van der Waals surface area contributed by atoms with Crippen LogP contribution in [0.1, 0.15) is 45.5 Å². The summed E-state index contributed by atoms with van der Waals surface area (Å²) in [6.45, 7) is 1.45. The van der Waals surface area contributed by atoms with Crippen molar-refractivity contribution in [2.45, 2.75) is 38.8 Å². The Balaban J connectivity index is 1.68. The molecule has 3 heteroatoms. The van der Waals surface area contributed by atoms with E-state index in [4.69, 9.17) is 0 Å². The maximum atomic E-state index is 12.5. The Morgan fingerprint density at radius 1 is 1.00 bits per heavy atom. The van der Waals surface area contributed by atoms with Crippen molar-refractivity contribution in [3.8, 4) is 0 Å². The lowest BCUT2D eigenvalue weighted by Gasteiger charge is -2.17. The average Bonchev–Trinajstić information content (AvgIpc) is 2.60. The van der Waals surface area contributed by atoms with Crippen LogP contribution in [0.25, 0.3) is 0 Å². The van der Waals surface area contributed by atoms with Gasteiger partial charge in [-0.05, 0) is 74.2 Å². The molecule has 2 aromatic rings. The van der Waals surface area contributed by atoms with Crippen LogP contribution < -0.4 is 5.32 Å². The van der Waals surface area contributed by atoms with E-state index in [1.807, 2.05) is 18.2 Å². The van der Waals surface area contributed by atoms with Crippen molar-refractivity contribution in [2.75, 3.05) is 14.1 Å². The van der Waals surface area contributed by atoms with Crippen molar-refractivity contribution in [1.29, 1.82) is 0 Å². The molecule has 0 saturated heterocycles. The molecule has 0 bridgehead atoms. The second kappa shape index (κ2) is 7.63. The van der Waals surface area contributed by atoms with Gasteiger partial charge in [-0.3, -0.25) is 4.79 Å². The van der Waals surface area contributed by atoms with Gasteiger partial charge in [-0.25, -0.2) is 0 Å². The summed E-state index contributed by atoms with van der Waals surface area (Å²) in [6, 6.07) is 14.5. The highest BCUT2D eigenvalue weighted by Gasteiger charge is 2.13. The predicted octanol–water partition coefficient (Wildman–Crippen LogP) is 3.56. The number of rotatable bonds is 5. The highest BCUT2D eigenvalue weighted by Crippen LogP contribution is 2.22. The van der Waals surface area contributed by atoms with Crippen molar-refractivity contribution in [1.82, 2.24) is 10.2 Å². The van der Waals surface area contributed by atoms with Gasteiger partial charge < -0.3 is 10.2 Å². The van der Waals surface area contributed by atoms with E-state index < -0.39 is 0 Å². The summed E-state index contributed by atoms with van der Waals surface area (Å²) < 4.78 is 0. The van der Waals surface area contributed by atoms with Gasteiger partial charge >= 0.3 is 0 Å². The largest absolute Gasteiger partial charge is 0.348 e. The highest BCUT2D eigenvalue weighted by molar-refractivity contribution is 5.94. The second-order valence-corrected chi connectivity index (χ2v) is 6.88. The van der Waals surface area contributed by atoms with E-state index in [0.717, 1.165) is 24.9 Å². The molecule has 0 unspecified atom stereocenters. The van der Waals surface area contributed by atoms with E-state index in [0.29, 0.717) is 6.54 Å². The van der Waals surface area contributed by atoms with Gasteiger partial charge in [-0.1, -0.05) is 30.3 Å². The fourth-order valence-corrected chi connectivity index (χ4v) is 3.38. The van der Waals surface area contributed by atoms with Gasteiger partial charge in [0.1, 0.15) is 0 Å². The molecule has 0 atom stereocenters. The standard InChI is InChI=1S/C21H26N2O/c1-23(2)15-20-10-6-5-9-19(20)14-22-21(24)18-12-11-16-7-3-4-8-17(16)13-18/h5-6,9-13H,3-4,7-8,14-15H2,1-2H3,(H,22,24). The Kier molecular flexibility index (Phi) is 5.31. The zero-order valence-electron chi connectivity index (χ0n) is 14.6. The smallest absolute Gasteiger partial charge is 0.251 e. The molecule has 1 amide bonds. The molecule has 0 heterocycles. The van der Waals surface area contributed by atoms with E-state index in [1.54, 1.807) is 0 Å². The molecule has 1 aliphatic carbocycles. The molecule has 3 nitrogen and oxygen atoms in total. The Bertz CT molecular complexity index is 722. The maximum Gasteiger partial charge on any atom is 0.251 e. The van der Waals surface area contributed by atoms with Gasteiger partial charge in [-0.2, -0.15) is 0 Å². The zero-order valence-corrected chi connectivity index (χ0v) is 14.6. The van der Waals surface area contributed by atoms with Gasteiger partial charge in [-0.15, -0.1) is 0 Å². The molecular formula is C21H26N2O. The number of carbonyl (C=O) groups excluding carboxylic acids is 1. The summed E-state index contributed by atoms with van der Waals surface area (Å²) in [5, 5.41) is 3.08. The summed E-state index contributed by atoms with van der Waals surface area (Å²) in [7, 11) is 4.12. The Hall–Kier alpha value is -2.13. The normalized spacial score (nSPS) is 13.6. The van der Waals surface area contributed by atoms with Crippen LogP contribution >= 0.6 is 0 Å². The number of fused-ring (bicyclic) bond motifs is 1. The summed E-state index contributed by atoms with van der Waals surface area (Å²) in [6.07, 6.45) is 4.74. The Labute approximate surface area is 144 Å². The third-order valence-electron chi connectivity index (χ3n) is 4.66. The molecule has 1 aliphatic rings. The summed E-state index contributed by atoms with van der Waals surface area (Å²) in [4.78, 5) is 14.7. The third-order valence-corrected chi connectivity index (χ3v) is 4.66. The number of amides is 1. The van der Waals surface area contributed by atoms with Crippen LogP contribution in [0.3, 0.4) is 0 Å². The SMILES string of the molecule is CN(C)Cc1ccccc1CNC(=O)c1ccc2c(c1)CCCC2. The molecule has 0 radical (unpaired) electrons. The predicted molar refractivity (Wildman–Crippen MR) is 98.1 cm³/mol. The first-order valence-electron chi connectivity index (χ1n) is 8.75. The fraction of sp³-hybridized carbons (Fsp3) is 0.381. The van der Waals surface area contributed by atoms with Gasteiger partial charge in [0.25, 0.3) is 5.91 Å². The van der Waals surface area contributed by atoms with Crippen LogP contribution in [0.2, 0.25) is 0 Å². The van der Waals surface area contributed by atoms with Gasteiger partial charge in [0, 0.05) is 18.7 Å². The Morgan fingerprint density at radius 2 is 1.71 bits per heavy atom. The summed E-state index contributed by atoms with van der Waals surface area (Å²) in [5.41, 5.74) is 5.97. The lowest BCUT2D eigenvalue weighted by atomic mass is 9.90. The number of benzene rings is 2. The van der Waals surface area contributed by atoms with E-state index in [2.05, 4.69) is 48.6 Å². The van der Waals surface area contributed by atoms with Crippen LogP contribution in [0.5, 0.6) is 0 Å². The van der Waals surface area contributed by atoms with Crippen molar-refractivity contribution >= 4 is 5.91 Å². The molecule has 0 spiro atoms. The fourth-order valence-electron chi connectivity index (χ4n) is 3.38. The minimum atomic E-state index is 0.0167. The van der Waals surface area contributed by atoms with E-state index in [9.17, 15) is 4.79 Å². The first-order chi connectivity index (χ1) is 11.6. The topological polar surface area (TPSA) is 32.3 Å². The molecule has 2 aromatic carbocycles. The van der Waals surface area contributed by atoms with Crippen molar-refractivity contribution in [3.05, 3.63) is 70.3 Å². The number of nitrogens with zero attached hydrogens (tertiary/aromatic N) is 1. The molecule has 0 aliphatic heterocycles. The molecule has 0 fully saturated rings. The van der Waals surface area contributed by atoms with Crippen molar-refractivity contribution in [3.63, 3.8) is 0 Å². The quantitative estimate of drug-likeness (QED) is 0.913. The maximum absolute atomic E-state index is 12.5. The molecule has 126 valence electrons. The highest BCUT2D eigenvalue weighted by atomic mass is 16.1. The third kappa shape index (κ3) is 4.04. The molecule has 1 N–H and O–H groups in total. The monoisotopic (exact) mass is 322 g/mol. The van der Waals surface area contributed by atoms with Crippen LogP contribution in [0.15, 0.2) is 42.5 Å². The summed E-state index contributed by atoms with van der Waals surface area (Å²) >= 11 is 0. The Morgan fingerprint density at radius 3 is 2.46 bits per heavy atom. The number of nitrogens with one attached hydrogen (secondary N) is 1. The molecular weight excluding hydrogens is 296 g/mol. The molecule has 3 rings (SSSR count). The van der Waals surface area contributed by atoms with Gasteiger partial charge in [0.05, 0.1) is 0 Å². The van der Waals surface area contributed by atoms with Crippen LogP contribution in [0.4, 0.5) is 0 Å². The minimum absolute atomic E-state index is 0.0167. The first kappa shape index (κ1) is 16.7. The van der Waals surface area contributed by atoms with Crippen LogP contribution in [-0.4, -0.2) is 24.9 Å². The molecule has 24 heavy (non-hydrogen) atoms. The zero-order chi connectivity index (χ0) is 16.9. The van der Waals surface area contributed by atoms with Crippen LogP contribution in [-0.2, 0) is 25.9 Å². The number of hydrogen-bond donors (Lipinski definition) is 1. The van der Waals surface area contributed by atoms with Crippen molar-refractivity contribution < 1.29 is 4.79 Å². The number of carbonyl (C=O) groups is 1. The lowest BCUT2D eigenvalue weighted by molar-refractivity contribution is 0.0950. The molecule has 0 aromatic heterocycles. The molecule has 0 saturated carbocycles. The number of hydrogen-bond acceptors (Lipinski definition) is 2. The van der Waals surface area contributed by atoms with E-state index in [1.165, 1.54) is 35.1 Å². The number of aryl methyl sites for hydroxylation is 2. The van der Waals surface area contributed by atoms with Crippen LogP contribution in [0, 0.1) is 0 Å². The van der Waals surface area contributed by atoms with Crippen molar-refractivity contribution in [2.24, 2.45) is 0 Å². The first-order valence-corrected chi connectivity index (χ1v) is 8.75.